The van der Waals surface area contributed by atoms with Crippen molar-refractivity contribution in [3.8, 4) is 0 Å². The fourth-order valence-corrected chi connectivity index (χ4v) is 4.44. The van der Waals surface area contributed by atoms with Crippen LogP contribution in [-0.2, 0) is 9.84 Å². The lowest BCUT2D eigenvalue weighted by molar-refractivity contribution is 0.197. The minimum absolute atomic E-state index is 0.0114. The summed E-state index contributed by atoms with van der Waals surface area (Å²) in [5.41, 5.74) is 0.411. The number of nitrogens with zero attached hydrogens (tertiary/aromatic N) is 1. The molecule has 1 aromatic carbocycles. The first kappa shape index (κ1) is 16.4. The molecule has 1 unspecified atom stereocenters. The van der Waals surface area contributed by atoms with Crippen molar-refractivity contribution in [3.63, 3.8) is 0 Å². The van der Waals surface area contributed by atoms with Gasteiger partial charge < -0.3 is 10.2 Å². The zero-order valence-corrected chi connectivity index (χ0v) is 13.8. The van der Waals surface area contributed by atoms with Crippen molar-refractivity contribution in [3.05, 3.63) is 28.2 Å². The normalized spacial score (nSPS) is 20.2. The van der Waals surface area contributed by atoms with Gasteiger partial charge in [0.25, 0.3) is 0 Å². The van der Waals surface area contributed by atoms with Gasteiger partial charge in [-0.1, -0.05) is 23.2 Å². The monoisotopic (exact) mass is 350 g/mol. The van der Waals surface area contributed by atoms with E-state index >= 15 is 0 Å². The van der Waals surface area contributed by atoms with Gasteiger partial charge in [-0.2, -0.15) is 0 Å². The number of halogens is 2. The Balaban J connectivity index is 2.12. The van der Waals surface area contributed by atoms with Crippen molar-refractivity contribution < 1.29 is 13.2 Å². The maximum absolute atomic E-state index is 12.3. The van der Waals surface area contributed by atoms with Gasteiger partial charge in [-0.3, -0.25) is 0 Å². The van der Waals surface area contributed by atoms with Crippen LogP contribution in [0.4, 0.5) is 10.5 Å². The van der Waals surface area contributed by atoms with Crippen LogP contribution in [0.5, 0.6) is 0 Å². The number of amides is 2. The topological polar surface area (TPSA) is 66.5 Å². The standard InChI is InChI=1S/C13H16Cl2N2O3S/c1-2-17(10-5-6-21(19,20)8-10)13(18)16-12-7-9(14)3-4-11(12)15/h3-4,7,10H,2,5-6,8H2,1H3,(H,16,18). The van der Waals surface area contributed by atoms with Crippen LogP contribution in [-0.4, -0.2) is 43.4 Å². The second kappa shape index (κ2) is 6.42. The first-order valence-electron chi connectivity index (χ1n) is 6.55. The van der Waals surface area contributed by atoms with E-state index < -0.39 is 9.84 Å². The second-order valence-electron chi connectivity index (χ2n) is 4.90. The maximum Gasteiger partial charge on any atom is 0.322 e. The smallest absolute Gasteiger partial charge is 0.321 e. The minimum atomic E-state index is -3.04. The van der Waals surface area contributed by atoms with E-state index in [4.69, 9.17) is 23.2 Å². The largest absolute Gasteiger partial charge is 0.322 e. The van der Waals surface area contributed by atoms with Gasteiger partial charge in [-0.25, -0.2) is 13.2 Å². The Morgan fingerprint density at radius 3 is 2.71 bits per heavy atom. The number of anilines is 1. The molecule has 5 nitrogen and oxygen atoms in total. The molecule has 0 aliphatic carbocycles. The SMILES string of the molecule is CCN(C(=O)Nc1cc(Cl)ccc1Cl)C1CCS(=O)(=O)C1. The highest BCUT2D eigenvalue weighted by molar-refractivity contribution is 7.91. The van der Waals surface area contributed by atoms with Crippen molar-refractivity contribution in [2.24, 2.45) is 0 Å². The Bertz CT molecular complexity index is 649. The van der Waals surface area contributed by atoms with Gasteiger partial charge in [0.2, 0.25) is 0 Å². The van der Waals surface area contributed by atoms with Gasteiger partial charge in [0.15, 0.2) is 9.84 Å². The number of rotatable bonds is 3. The van der Waals surface area contributed by atoms with E-state index in [9.17, 15) is 13.2 Å². The van der Waals surface area contributed by atoms with Crippen LogP contribution in [0, 0.1) is 0 Å². The molecule has 116 valence electrons. The number of hydrogen-bond donors (Lipinski definition) is 1. The molecule has 1 saturated heterocycles. The quantitative estimate of drug-likeness (QED) is 0.910. The highest BCUT2D eigenvalue weighted by Crippen LogP contribution is 2.26. The van der Waals surface area contributed by atoms with E-state index in [-0.39, 0.29) is 23.6 Å². The van der Waals surface area contributed by atoms with E-state index in [1.54, 1.807) is 18.2 Å². The summed E-state index contributed by atoms with van der Waals surface area (Å²) >= 11 is 11.9. The molecule has 1 heterocycles. The number of nitrogens with one attached hydrogen (secondary N) is 1. The predicted octanol–water partition coefficient (Wildman–Crippen LogP) is 3.03. The van der Waals surface area contributed by atoms with Crippen molar-refractivity contribution in [1.29, 1.82) is 0 Å². The number of urea groups is 1. The molecule has 1 N–H and O–H groups in total. The third kappa shape index (κ3) is 4.02. The van der Waals surface area contributed by atoms with E-state index in [1.165, 1.54) is 4.90 Å². The second-order valence-corrected chi connectivity index (χ2v) is 7.97. The molecule has 1 atom stereocenters. The molecule has 0 saturated carbocycles. The summed E-state index contributed by atoms with van der Waals surface area (Å²) in [4.78, 5) is 13.8. The van der Waals surface area contributed by atoms with E-state index in [2.05, 4.69) is 5.32 Å². The predicted molar refractivity (Wildman–Crippen MR) is 84.9 cm³/mol. The van der Waals surface area contributed by atoms with Crippen molar-refractivity contribution in [1.82, 2.24) is 4.90 Å². The summed E-state index contributed by atoms with van der Waals surface area (Å²) in [7, 11) is -3.04. The van der Waals surface area contributed by atoms with E-state index in [0.717, 1.165) is 0 Å². The zero-order chi connectivity index (χ0) is 15.6. The highest BCUT2D eigenvalue weighted by Gasteiger charge is 2.34. The molecule has 0 aromatic heterocycles. The summed E-state index contributed by atoms with van der Waals surface area (Å²) < 4.78 is 23.1. The third-order valence-corrected chi connectivity index (χ3v) is 5.74. The molecule has 2 rings (SSSR count). The summed E-state index contributed by atoms with van der Waals surface area (Å²) in [6, 6.07) is 4.11. The van der Waals surface area contributed by atoms with Gasteiger partial charge in [0.1, 0.15) is 0 Å². The van der Waals surface area contributed by atoms with Crippen LogP contribution < -0.4 is 5.32 Å². The first-order valence-corrected chi connectivity index (χ1v) is 9.13. The third-order valence-electron chi connectivity index (χ3n) is 3.42. The lowest BCUT2D eigenvalue weighted by atomic mass is 10.2. The Morgan fingerprint density at radius 2 is 2.14 bits per heavy atom. The number of carbonyl (C=O) groups excluding carboxylic acids is 1. The molecular formula is C13H16Cl2N2O3S. The average molecular weight is 351 g/mol. The lowest BCUT2D eigenvalue weighted by Crippen LogP contribution is -2.43. The average Bonchev–Trinajstić information content (AvgIpc) is 2.75. The van der Waals surface area contributed by atoms with Gasteiger partial charge >= 0.3 is 6.03 Å². The van der Waals surface area contributed by atoms with Crippen LogP contribution in [0.25, 0.3) is 0 Å². The molecule has 0 spiro atoms. The molecular weight excluding hydrogens is 335 g/mol. The Kier molecular flexibility index (Phi) is 5.01. The summed E-state index contributed by atoms with van der Waals surface area (Å²) in [6.07, 6.45) is 0.465. The first-order chi connectivity index (χ1) is 9.82. The molecule has 1 aliphatic heterocycles. The molecule has 1 aliphatic rings. The molecule has 0 bridgehead atoms. The molecule has 1 fully saturated rings. The highest BCUT2D eigenvalue weighted by atomic mass is 35.5. The Morgan fingerprint density at radius 1 is 1.43 bits per heavy atom. The summed E-state index contributed by atoms with van der Waals surface area (Å²) in [6.45, 7) is 2.23. The van der Waals surface area contributed by atoms with Crippen LogP contribution in [0.3, 0.4) is 0 Å². The number of carbonyl (C=O) groups is 1. The van der Waals surface area contributed by atoms with Crippen LogP contribution in [0.1, 0.15) is 13.3 Å². The van der Waals surface area contributed by atoms with Gasteiger partial charge in [-0.15, -0.1) is 0 Å². The maximum atomic E-state index is 12.3. The van der Waals surface area contributed by atoms with Gasteiger partial charge in [0.05, 0.1) is 22.2 Å². The van der Waals surface area contributed by atoms with Gasteiger partial charge in [0, 0.05) is 17.6 Å². The molecule has 1 aromatic rings. The van der Waals surface area contributed by atoms with Crippen LogP contribution in [0.15, 0.2) is 18.2 Å². The number of sulfone groups is 1. The fraction of sp³-hybridized carbons (Fsp3) is 0.462. The zero-order valence-electron chi connectivity index (χ0n) is 11.5. The Labute approximate surface area is 134 Å². The van der Waals surface area contributed by atoms with Crippen molar-refractivity contribution >= 4 is 44.8 Å². The van der Waals surface area contributed by atoms with Crippen LogP contribution >= 0.6 is 23.2 Å². The van der Waals surface area contributed by atoms with Crippen LogP contribution in [0.2, 0.25) is 10.0 Å². The molecule has 0 radical (unpaired) electrons. The number of hydrogen-bond acceptors (Lipinski definition) is 3. The minimum Gasteiger partial charge on any atom is -0.321 e. The van der Waals surface area contributed by atoms with Crippen molar-refractivity contribution in [2.45, 2.75) is 19.4 Å². The van der Waals surface area contributed by atoms with Gasteiger partial charge in [-0.05, 0) is 31.5 Å². The molecule has 21 heavy (non-hydrogen) atoms. The molecule has 8 heteroatoms. The Hall–Kier alpha value is -0.980. The van der Waals surface area contributed by atoms with Crippen molar-refractivity contribution in [2.75, 3.05) is 23.4 Å². The van der Waals surface area contributed by atoms with E-state index in [0.29, 0.717) is 28.7 Å². The lowest BCUT2D eigenvalue weighted by Gasteiger charge is -2.27. The van der Waals surface area contributed by atoms with E-state index in [1.807, 2.05) is 6.92 Å². The summed E-state index contributed by atoms with van der Waals surface area (Å²) in [5, 5.41) is 3.52. The fourth-order valence-electron chi connectivity index (χ4n) is 2.37. The number of benzene rings is 1. The summed E-state index contributed by atoms with van der Waals surface area (Å²) in [5.74, 6) is 0.136. The molecule has 2 amide bonds.